The van der Waals surface area contributed by atoms with Gasteiger partial charge in [-0.2, -0.15) is 0 Å². The van der Waals surface area contributed by atoms with Crippen molar-refractivity contribution in [2.75, 3.05) is 39.3 Å². The molecule has 2 rings (SSSR count). The average molecular weight is 393 g/mol. The molecule has 0 unspecified atom stereocenters. The molecule has 0 aromatic heterocycles. The molecule has 0 fully saturated rings. The van der Waals surface area contributed by atoms with Gasteiger partial charge in [0.2, 0.25) is 0 Å². The highest BCUT2D eigenvalue weighted by atomic mass is 15.2. The van der Waals surface area contributed by atoms with Crippen LogP contribution in [-0.2, 0) is 0 Å². The van der Waals surface area contributed by atoms with Gasteiger partial charge in [-0.1, -0.05) is 12.2 Å². The normalized spacial score (nSPS) is 22.6. The fraction of sp³-hybridized carbons (Fsp3) is 0.833. The highest BCUT2D eigenvalue weighted by Crippen LogP contribution is 2.09. The van der Waals surface area contributed by atoms with Crippen molar-refractivity contribution in [3.8, 4) is 0 Å². The SMILES string of the molecule is CC(C)N1/C=C\CN(C(C)C)CCC1.CC(C)N1/C=C\CN(C(C)C)CCC1. The van der Waals surface area contributed by atoms with Gasteiger partial charge in [-0.15, -0.1) is 0 Å². The van der Waals surface area contributed by atoms with E-state index in [-0.39, 0.29) is 0 Å². The van der Waals surface area contributed by atoms with Crippen LogP contribution in [0, 0.1) is 0 Å². The Kier molecular flexibility index (Phi) is 11.9. The Balaban J connectivity index is 0.000000280. The Morgan fingerprint density at radius 3 is 1.14 bits per heavy atom. The molecule has 0 amide bonds. The number of nitrogens with zero attached hydrogens (tertiary/aromatic N) is 4. The first-order chi connectivity index (χ1) is 13.2. The van der Waals surface area contributed by atoms with Crippen LogP contribution in [-0.4, -0.2) is 83.0 Å². The summed E-state index contributed by atoms with van der Waals surface area (Å²) in [6.07, 6.45) is 11.7. The minimum Gasteiger partial charge on any atom is -0.375 e. The molecule has 0 aromatic rings. The summed E-state index contributed by atoms with van der Waals surface area (Å²) >= 11 is 0. The molecule has 0 aliphatic carbocycles. The van der Waals surface area contributed by atoms with E-state index in [1.54, 1.807) is 0 Å². The summed E-state index contributed by atoms with van der Waals surface area (Å²) in [5.41, 5.74) is 0. The second kappa shape index (κ2) is 13.3. The minimum atomic E-state index is 0.636. The molecule has 2 aliphatic heterocycles. The average Bonchev–Trinajstić information content (AvgIpc) is 2.53. The van der Waals surface area contributed by atoms with Gasteiger partial charge >= 0.3 is 0 Å². The van der Waals surface area contributed by atoms with Gasteiger partial charge < -0.3 is 9.80 Å². The fourth-order valence-electron chi connectivity index (χ4n) is 3.68. The Hall–Kier alpha value is -1.00. The first kappa shape index (κ1) is 25.0. The second-order valence-corrected chi connectivity index (χ2v) is 9.32. The van der Waals surface area contributed by atoms with E-state index in [9.17, 15) is 0 Å². The molecule has 0 saturated carbocycles. The third-order valence-corrected chi connectivity index (χ3v) is 5.78. The first-order valence-electron chi connectivity index (χ1n) is 11.5. The maximum Gasteiger partial charge on any atom is 0.0227 e. The van der Waals surface area contributed by atoms with Crippen LogP contribution in [0.2, 0.25) is 0 Å². The highest BCUT2D eigenvalue weighted by molar-refractivity contribution is 4.90. The maximum absolute atomic E-state index is 2.52. The molecule has 2 heterocycles. The van der Waals surface area contributed by atoms with Crippen LogP contribution in [0.1, 0.15) is 68.2 Å². The largest absolute Gasteiger partial charge is 0.375 e. The Labute approximate surface area is 176 Å². The molecule has 0 aromatic carbocycles. The predicted octanol–water partition coefficient (Wildman–Crippen LogP) is 4.65. The van der Waals surface area contributed by atoms with Crippen molar-refractivity contribution in [1.82, 2.24) is 19.6 Å². The lowest BCUT2D eigenvalue weighted by molar-refractivity contribution is 0.208. The molecule has 0 saturated heterocycles. The lowest BCUT2D eigenvalue weighted by Gasteiger charge is -2.31. The third-order valence-electron chi connectivity index (χ3n) is 5.78. The molecule has 28 heavy (non-hydrogen) atoms. The van der Waals surface area contributed by atoms with E-state index < -0.39 is 0 Å². The van der Waals surface area contributed by atoms with Crippen molar-refractivity contribution >= 4 is 0 Å². The second-order valence-electron chi connectivity index (χ2n) is 9.32. The van der Waals surface area contributed by atoms with Crippen molar-refractivity contribution in [3.63, 3.8) is 0 Å². The van der Waals surface area contributed by atoms with Crippen LogP contribution in [0.15, 0.2) is 24.6 Å². The maximum atomic E-state index is 2.52. The molecule has 0 N–H and O–H groups in total. The lowest BCUT2D eigenvalue weighted by atomic mass is 10.2. The van der Waals surface area contributed by atoms with Crippen LogP contribution in [0.5, 0.6) is 0 Å². The zero-order valence-electron chi connectivity index (χ0n) is 20.1. The van der Waals surface area contributed by atoms with E-state index in [0.717, 1.165) is 13.1 Å². The number of hydrogen-bond donors (Lipinski definition) is 0. The standard InChI is InChI=1S/2C12H24N2/c2*1-11(2)13-7-5-9-14(12(3)4)10-6-8-13/h2*5,7,11-12H,6,8-10H2,1-4H3/b2*7-5-. The molecule has 0 spiro atoms. The number of rotatable bonds is 4. The molecular formula is C24H48N4. The summed E-state index contributed by atoms with van der Waals surface area (Å²) in [6, 6.07) is 2.62. The van der Waals surface area contributed by atoms with Crippen molar-refractivity contribution in [2.45, 2.75) is 92.4 Å². The van der Waals surface area contributed by atoms with Crippen LogP contribution < -0.4 is 0 Å². The van der Waals surface area contributed by atoms with E-state index in [4.69, 9.17) is 0 Å². The van der Waals surface area contributed by atoms with Gasteiger partial charge in [-0.3, -0.25) is 9.80 Å². The van der Waals surface area contributed by atoms with Gasteiger partial charge in [0, 0.05) is 63.4 Å². The van der Waals surface area contributed by atoms with Crippen molar-refractivity contribution in [2.24, 2.45) is 0 Å². The lowest BCUT2D eigenvalue weighted by Crippen LogP contribution is -2.37. The van der Waals surface area contributed by atoms with Crippen LogP contribution in [0.4, 0.5) is 0 Å². The van der Waals surface area contributed by atoms with Gasteiger partial charge in [-0.25, -0.2) is 0 Å². The smallest absolute Gasteiger partial charge is 0.0227 e. The molecule has 164 valence electrons. The predicted molar refractivity (Wildman–Crippen MR) is 125 cm³/mol. The van der Waals surface area contributed by atoms with E-state index >= 15 is 0 Å². The molecule has 0 radical (unpaired) electrons. The zero-order chi connectivity index (χ0) is 21.1. The quantitative estimate of drug-likeness (QED) is 0.690. The third kappa shape index (κ3) is 9.47. The monoisotopic (exact) mass is 392 g/mol. The Morgan fingerprint density at radius 2 is 0.857 bits per heavy atom. The van der Waals surface area contributed by atoms with Gasteiger partial charge in [0.15, 0.2) is 0 Å². The number of hydrogen-bond acceptors (Lipinski definition) is 4. The van der Waals surface area contributed by atoms with Gasteiger partial charge in [-0.05, 0) is 80.6 Å². The molecule has 0 atom stereocenters. The summed E-state index contributed by atoms with van der Waals surface area (Å²) < 4.78 is 0. The van der Waals surface area contributed by atoms with E-state index in [2.05, 4.69) is 99.5 Å². The fourth-order valence-corrected chi connectivity index (χ4v) is 3.68. The zero-order valence-corrected chi connectivity index (χ0v) is 20.1. The van der Waals surface area contributed by atoms with Crippen LogP contribution in [0.25, 0.3) is 0 Å². The van der Waals surface area contributed by atoms with E-state index in [0.29, 0.717) is 24.2 Å². The molecule has 2 aliphatic rings. The molecule has 4 heteroatoms. The van der Waals surface area contributed by atoms with E-state index in [1.807, 2.05) is 0 Å². The van der Waals surface area contributed by atoms with Crippen LogP contribution in [0.3, 0.4) is 0 Å². The summed E-state index contributed by atoms with van der Waals surface area (Å²) in [6.45, 7) is 25.2. The summed E-state index contributed by atoms with van der Waals surface area (Å²) in [4.78, 5) is 9.90. The minimum absolute atomic E-state index is 0.636. The Morgan fingerprint density at radius 1 is 0.500 bits per heavy atom. The highest BCUT2D eigenvalue weighted by Gasteiger charge is 2.13. The van der Waals surface area contributed by atoms with E-state index in [1.165, 1.54) is 39.0 Å². The van der Waals surface area contributed by atoms with Crippen molar-refractivity contribution in [1.29, 1.82) is 0 Å². The topological polar surface area (TPSA) is 13.0 Å². The first-order valence-corrected chi connectivity index (χ1v) is 11.5. The summed E-state index contributed by atoms with van der Waals surface area (Å²) in [5.74, 6) is 0. The summed E-state index contributed by atoms with van der Waals surface area (Å²) in [7, 11) is 0. The van der Waals surface area contributed by atoms with Crippen LogP contribution >= 0.6 is 0 Å². The molecule has 0 bridgehead atoms. The van der Waals surface area contributed by atoms with Gasteiger partial charge in [0.05, 0.1) is 0 Å². The van der Waals surface area contributed by atoms with Crippen molar-refractivity contribution in [3.05, 3.63) is 24.6 Å². The Bertz CT molecular complexity index is 412. The van der Waals surface area contributed by atoms with Gasteiger partial charge in [0.1, 0.15) is 0 Å². The van der Waals surface area contributed by atoms with Crippen molar-refractivity contribution < 1.29 is 0 Å². The molecule has 4 nitrogen and oxygen atoms in total. The molecular weight excluding hydrogens is 344 g/mol. The van der Waals surface area contributed by atoms with Gasteiger partial charge in [0.25, 0.3) is 0 Å². The summed E-state index contributed by atoms with van der Waals surface area (Å²) in [5, 5.41) is 0.